The minimum absolute atomic E-state index is 0.0592. The van der Waals surface area contributed by atoms with Gasteiger partial charge in [-0.3, -0.25) is 9.79 Å². The number of guanidine groups is 1. The second-order valence-corrected chi connectivity index (χ2v) is 7.96. The SMILES string of the molecule is CCNC(=NCC1C2Cc3ccccc3C12)N1CC(C)C(C(=O)OC)C1. The predicted molar refractivity (Wildman–Crippen MR) is 102 cm³/mol. The van der Waals surface area contributed by atoms with Crippen LogP contribution in [0.25, 0.3) is 0 Å². The average molecular weight is 355 g/mol. The third kappa shape index (κ3) is 2.97. The molecule has 1 saturated heterocycles. The maximum atomic E-state index is 12.0. The highest BCUT2D eigenvalue weighted by Gasteiger charge is 2.55. The van der Waals surface area contributed by atoms with Crippen LogP contribution in [0, 0.1) is 23.7 Å². The number of fused-ring (bicyclic) bond motifs is 3. The van der Waals surface area contributed by atoms with Crippen molar-refractivity contribution in [3.8, 4) is 0 Å². The summed E-state index contributed by atoms with van der Waals surface area (Å²) >= 11 is 0. The molecule has 2 fully saturated rings. The fourth-order valence-corrected chi connectivity index (χ4v) is 4.95. The van der Waals surface area contributed by atoms with E-state index in [9.17, 15) is 4.79 Å². The van der Waals surface area contributed by atoms with E-state index in [-0.39, 0.29) is 11.9 Å². The summed E-state index contributed by atoms with van der Waals surface area (Å²) in [5, 5.41) is 3.41. The number of methoxy groups -OCH3 is 1. The molecular formula is C21H29N3O2. The van der Waals surface area contributed by atoms with E-state index < -0.39 is 0 Å². The third-order valence-electron chi connectivity index (χ3n) is 6.40. The van der Waals surface area contributed by atoms with E-state index in [1.807, 2.05) is 0 Å². The number of ether oxygens (including phenoxy) is 1. The van der Waals surface area contributed by atoms with E-state index in [0.29, 0.717) is 24.3 Å². The molecule has 5 unspecified atom stereocenters. The second-order valence-electron chi connectivity index (χ2n) is 7.96. The van der Waals surface area contributed by atoms with Gasteiger partial charge in [0.25, 0.3) is 0 Å². The lowest BCUT2D eigenvalue weighted by Gasteiger charge is -2.21. The van der Waals surface area contributed by atoms with Crippen LogP contribution in [0.15, 0.2) is 29.3 Å². The lowest BCUT2D eigenvalue weighted by Crippen LogP contribution is -2.40. The van der Waals surface area contributed by atoms with E-state index in [4.69, 9.17) is 9.73 Å². The Labute approximate surface area is 155 Å². The first-order chi connectivity index (χ1) is 12.6. The summed E-state index contributed by atoms with van der Waals surface area (Å²) in [7, 11) is 1.47. The molecule has 26 heavy (non-hydrogen) atoms. The molecule has 5 heteroatoms. The Morgan fingerprint density at radius 1 is 1.35 bits per heavy atom. The van der Waals surface area contributed by atoms with Crippen molar-refractivity contribution in [2.45, 2.75) is 26.2 Å². The first-order valence-corrected chi connectivity index (χ1v) is 9.82. The van der Waals surface area contributed by atoms with Crippen LogP contribution < -0.4 is 5.32 Å². The van der Waals surface area contributed by atoms with Gasteiger partial charge < -0.3 is 15.0 Å². The highest BCUT2D eigenvalue weighted by atomic mass is 16.5. The molecular weight excluding hydrogens is 326 g/mol. The molecule has 0 amide bonds. The molecule has 0 radical (unpaired) electrons. The van der Waals surface area contributed by atoms with Gasteiger partial charge >= 0.3 is 5.97 Å². The number of rotatable bonds is 4. The lowest BCUT2D eigenvalue weighted by molar-refractivity contribution is -0.145. The fraction of sp³-hybridized carbons (Fsp3) is 0.619. The van der Waals surface area contributed by atoms with Gasteiger partial charge in [0.2, 0.25) is 0 Å². The quantitative estimate of drug-likeness (QED) is 0.511. The number of carbonyl (C=O) groups is 1. The van der Waals surface area contributed by atoms with Crippen LogP contribution in [0.3, 0.4) is 0 Å². The minimum atomic E-state index is -0.107. The normalized spacial score (nSPS) is 32.2. The zero-order valence-electron chi connectivity index (χ0n) is 15.9. The van der Waals surface area contributed by atoms with Crippen molar-refractivity contribution < 1.29 is 9.53 Å². The van der Waals surface area contributed by atoms with Crippen molar-refractivity contribution in [1.82, 2.24) is 10.2 Å². The van der Waals surface area contributed by atoms with Gasteiger partial charge in [-0.05, 0) is 48.1 Å². The largest absolute Gasteiger partial charge is 0.469 e. The Kier molecular flexibility index (Phi) is 4.63. The number of nitrogens with zero attached hydrogens (tertiary/aromatic N) is 2. The van der Waals surface area contributed by atoms with E-state index in [1.54, 1.807) is 5.56 Å². The second kappa shape index (κ2) is 6.93. The van der Waals surface area contributed by atoms with Gasteiger partial charge in [-0.15, -0.1) is 0 Å². The summed E-state index contributed by atoms with van der Waals surface area (Å²) < 4.78 is 4.96. The van der Waals surface area contributed by atoms with Gasteiger partial charge in [0, 0.05) is 26.2 Å². The smallest absolute Gasteiger partial charge is 0.310 e. The molecule has 1 aromatic carbocycles. The molecule has 0 aromatic heterocycles. The highest BCUT2D eigenvalue weighted by molar-refractivity contribution is 5.82. The maximum Gasteiger partial charge on any atom is 0.310 e. The number of carbonyl (C=O) groups excluding carboxylic acids is 1. The number of esters is 1. The molecule has 5 atom stereocenters. The molecule has 4 rings (SSSR count). The molecule has 5 nitrogen and oxygen atoms in total. The van der Waals surface area contributed by atoms with Crippen molar-refractivity contribution in [1.29, 1.82) is 0 Å². The molecule has 1 heterocycles. The van der Waals surface area contributed by atoms with Crippen LogP contribution >= 0.6 is 0 Å². The summed E-state index contributed by atoms with van der Waals surface area (Å²) in [5.41, 5.74) is 3.08. The van der Waals surface area contributed by atoms with Crippen LogP contribution in [-0.2, 0) is 16.0 Å². The minimum Gasteiger partial charge on any atom is -0.469 e. The molecule has 3 aliphatic rings. The van der Waals surface area contributed by atoms with Crippen LogP contribution in [-0.4, -0.2) is 50.1 Å². The Bertz CT molecular complexity index is 717. The Balaban J connectivity index is 1.41. The van der Waals surface area contributed by atoms with Gasteiger partial charge in [-0.1, -0.05) is 31.2 Å². The standard InChI is InChI=1S/C21H29N3O2/c1-4-22-21(24-11-13(2)18(12-24)20(25)26-3)23-10-17-16-9-14-7-5-6-8-15(14)19(16)17/h5-8,13,16-19H,4,9-12H2,1-3H3,(H,22,23). The van der Waals surface area contributed by atoms with Crippen molar-refractivity contribution >= 4 is 11.9 Å². The molecule has 1 N–H and O–H groups in total. The van der Waals surface area contributed by atoms with Crippen molar-refractivity contribution in [3.63, 3.8) is 0 Å². The van der Waals surface area contributed by atoms with E-state index in [0.717, 1.165) is 31.5 Å². The summed E-state index contributed by atoms with van der Waals surface area (Å²) in [4.78, 5) is 19.1. The monoisotopic (exact) mass is 355 g/mol. The summed E-state index contributed by atoms with van der Waals surface area (Å²) in [5.74, 6) is 3.23. The predicted octanol–water partition coefficient (Wildman–Crippen LogP) is 2.28. The number of nitrogens with one attached hydrogen (secondary N) is 1. The number of benzene rings is 1. The zero-order chi connectivity index (χ0) is 18.3. The summed E-state index contributed by atoms with van der Waals surface area (Å²) in [6, 6.07) is 8.86. The molecule has 2 aliphatic carbocycles. The highest BCUT2D eigenvalue weighted by Crippen LogP contribution is 2.61. The number of hydrogen-bond acceptors (Lipinski definition) is 3. The molecule has 0 bridgehead atoms. The van der Waals surface area contributed by atoms with Crippen LogP contribution in [0.4, 0.5) is 0 Å². The van der Waals surface area contributed by atoms with E-state index in [1.165, 1.54) is 19.1 Å². The molecule has 140 valence electrons. The third-order valence-corrected chi connectivity index (χ3v) is 6.40. The van der Waals surface area contributed by atoms with Gasteiger partial charge in [0.05, 0.1) is 13.0 Å². The van der Waals surface area contributed by atoms with E-state index in [2.05, 4.69) is 48.3 Å². The number of likely N-dealkylation sites (tertiary alicyclic amines) is 1. The van der Waals surface area contributed by atoms with Gasteiger partial charge in [-0.2, -0.15) is 0 Å². The number of aliphatic imine (C=N–C) groups is 1. The van der Waals surface area contributed by atoms with Gasteiger partial charge in [0.1, 0.15) is 0 Å². The first-order valence-electron chi connectivity index (χ1n) is 9.82. The Morgan fingerprint density at radius 3 is 2.92 bits per heavy atom. The van der Waals surface area contributed by atoms with Crippen molar-refractivity contribution in [3.05, 3.63) is 35.4 Å². The molecule has 1 saturated carbocycles. The first kappa shape index (κ1) is 17.4. The number of hydrogen-bond donors (Lipinski definition) is 1. The zero-order valence-corrected chi connectivity index (χ0v) is 15.9. The maximum absolute atomic E-state index is 12.0. The molecule has 0 spiro atoms. The summed E-state index contributed by atoms with van der Waals surface area (Å²) in [6.45, 7) is 7.47. The fourth-order valence-electron chi connectivity index (χ4n) is 4.95. The Hall–Kier alpha value is -2.04. The lowest BCUT2D eigenvalue weighted by atomic mass is 9.99. The topological polar surface area (TPSA) is 53.9 Å². The van der Waals surface area contributed by atoms with Crippen molar-refractivity contribution in [2.75, 3.05) is 33.3 Å². The van der Waals surface area contributed by atoms with Gasteiger partial charge in [0.15, 0.2) is 5.96 Å². The molecule has 1 aromatic rings. The summed E-state index contributed by atoms with van der Waals surface area (Å²) in [6.07, 6.45) is 1.21. The van der Waals surface area contributed by atoms with E-state index >= 15 is 0 Å². The molecule has 1 aliphatic heterocycles. The average Bonchev–Trinajstić information content (AvgIpc) is 2.99. The van der Waals surface area contributed by atoms with Gasteiger partial charge in [-0.25, -0.2) is 0 Å². The van der Waals surface area contributed by atoms with Crippen LogP contribution in [0.1, 0.15) is 30.9 Å². The Morgan fingerprint density at radius 2 is 2.15 bits per heavy atom. The van der Waals surface area contributed by atoms with Crippen LogP contribution in [0.5, 0.6) is 0 Å². The van der Waals surface area contributed by atoms with Crippen molar-refractivity contribution in [2.24, 2.45) is 28.7 Å². The van der Waals surface area contributed by atoms with Crippen LogP contribution in [0.2, 0.25) is 0 Å².